The molecule has 0 radical (unpaired) electrons. The number of methoxy groups -OCH3 is 1. The minimum Gasteiger partial charge on any atom is -0.383 e. The fourth-order valence-electron chi connectivity index (χ4n) is 4.02. The van der Waals surface area contributed by atoms with E-state index in [-0.39, 0.29) is 24.5 Å². The fourth-order valence-corrected chi connectivity index (χ4v) is 4.15. The van der Waals surface area contributed by atoms with Crippen LogP contribution in [-0.2, 0) is 33.6 Å². The molecule has 16 heteroatoms. The SMILES string of the molecule is COCCNC(=O)CC(NC(=O)Cn1nc(-c2ccc(Cl)cc2)n(CCC(F)(F)F)c1=O)c1ccccc1C(F)(F)F. The van der Waals surface area contributed by atoms with Gasteiger partial charge in [-0.3, -0.25) is 14.2 Å². The Morgan fingerprint density at radius 1 is 1.02 bits per heavy atom. The van der Waals surface area contributed by atoms with Gasteiger partial charge in [-0.15, -0.1) is 5.10 Å². The monoisotopic (exact) mass is 621 g/mol. The summed E-state index contributed by atoms with van der Waals surface area (Å²) in [4.78, 5) is 38.5. The number of aromatic nitrogens is 3. The Morgan fingerprint density at radius 3 is 2.31 bits per heavy atom. The van der Waals surface area contributed by atoms with Crippen molar-refractivity contribution >= 4 is 23.4 Å². The van der Waals surface area contributed by atoms with Crippen LogP contribution in [0.1, 0.15) is 30.0 Å². The molecule has 0 saturated carbocycles. The molecule has 0 bridgehead atoms. The van der Waals surface area contributed by atoms with Crippen LogP contribution in [0, 0.1) is 0 Å². The number of halogens is 7. The summed E-state index contributed by atoms with van der Waals surface area (Å²) in [7, 11) is 1.39. The fraction of sp³-hybridized carbons (Fsp3) is 0.385. The van der Waals surface area contributed by atoms with E-state index in [1.54, 1.807) is 0 Å². The Bertz CT molecular complexity index is 1440. The zero-order valence-corrected chi connectivity index (χ0v) is 22.8. The molecule has 2 aromatic carbocycles. The van der Waals surface area contributed by atoms with E-state index in [1.807, 2.05) is 0 Å². The van der Waals surface area contributed by atoms with Crippen LogP contribution >= 0.6 is 11.6 Å². The molecule has 3 rings (SSSR count). The van der Waals surface area contributed by atoms with Gasteiger partial charge in [0.25, 0.3) is 0 Å². The first-order valence-corrected chi connectivity index (χ1v) is 12.8. The minimum atomic E-state index is -4.81. The summed E-state index contributed by atoms with van der Waals surface area (Å²) in [6, 6.07) is 8.58. The van der Waals surface area contributed by atoms with Gasteiger partial charge in [0.05, 0.1) is 31.1 Å². The Kier molecular flexibility index (Phi) is 10.8. The smallest absolute Gasteiger partial charge is 0.383 e. The maximum atomic E-state index is 13.7. The molecule has 2 N–H and O–H groups in total. The second-order valence-corrected chi connectivity index (χ2v) is 9.48. The number of carbonyl (C=O) groups is 2. The first-order chi connectivity index (χ1) is 19.7. The van der Waals surface area contributed by atoms with Crippen molar-refractivity contribution in [3.05, 3.63) is 75.2 Å². The third-order valence-corrected chi connectivity index (χ3v) is 6.18. The van der Waals surface area contributed by atoms with Gasteiger partial charge in [0.2, 0.25) is 11.8 Å². The largest absolute Gasteiger partial charge is 0.416 e. The quantitative estimate of drug-likeness (QED) is 0.231. The molecule has 42 heavy (non-hydrogen) atoms. The van der Waals surface area contributed by atoms with Crippen molar-refractivity contribution < 1.29 is 40.7 Å². The molecule has 0 aliphatic rings. The van der Waals surface area contributed by atoms with Crippen LogP contribution < -0.4 is 16.3 Å². The molecule has 1 atom stereocenters. The van der Waals surface area contributed by atoms with Crippen LogP contribution in [0.2, 0.25) is 5.02 Å². The molecule has 9 nitrogen and oxygen atoms in total. The maximum Gasteiger partial charge on any atom is 0.416 e. The molecule has 0 aliphatic carbocycles. The van der Waals surface area contributed by atoms with Crippen molar-refractivity contribution in [1.29, 1.82) is 0 Å². The molecule has 3 aromatic rings. The van der Waals surface area contributed by atoms with E-state index in [9.17, 15) is 40.7 Å². The van der Waals surface area contributed by atoms with E-state index in [1.165, 1.54) is 37.4 Å². The molecule has 2 amide bonds. The second kappa shape index (κ2) is 13.9. The number of ether oxygens (including phenoxy) is 1. The lowest BCUT2D eigenvalue weighted by molar-refractivity contribution is -0.139. The van der Waals surface area contributed by atoms with Gasteiger partial charge < -0.3 is 15.4 Å². The number of alkyl halides is 6. The van der Waals surface area contributed by atoms with Crippen molar-refractivity contribution in [1.82, 2.24) is 25.0 Å². The van der Waals surface area contributed by atoms with Gasteiger partial charge in [-0.2, -0.15) is 26.3 Å². The number of amides is 2. The Labute approximate surface area is 240 Å². The normalized spacial score (nSPS) is 12.7. The first-order valence-electron chi connectivity index (χ1n) is 12.4. The topological polar surface area (TPSA) is 107 Å². The van der Waals surface area contributed by atoms with Crippen LogP contribution in [0.15, 0.2) is 53.3 Å². The molecule has 0 fully saturated rings. The minimum absolute atomic E-state index is 0.0646. The van der Waals surface area contributed by atoms with E-state index in [0.29, 0.717) is 9.70 Å². The summed E-state index contributed by atoms with van der Waals surface area (Å²) in [6.07, 6.45) is -11.4. The van der Waals surface area contributed by atoms with Crippen LogP contribution in [0.4, 0.5) is 26.3 Å². The molecule has 0 spiro atoms. The summed E-state index contributed by atoms with van der Waals surface area (Å²) >= 11 is 5.87. The van der Waals surface area contributed by atoms with Gasteiger partial charge in [0, 0.05) is 30.8 Å². The lowest BCUT2D eigenvalue weighted by Crippen LogP contribution is -2.39. The number of rotatable bonds is 12. The number of hydrogen-bond donors (Lipinski definition) is 2. The molecular formula is C26H26ClF6N5O4. The molecule has 0 aliphatic heterocycles. The first kappa shape index (κ1) is 32.7. The maximum absolute atomic E-state index is 13.7. The number of benzene rings is 2. The van der Waals surface area contributed by atoms with Gasteiger partial charge in [-0.05, 0) is 35.9 Å². The second-order valence-electron chi connectivity index (χ2n) is 9.04. The van der Waals surface area contributed by atoms with E-state index < -0.39 is 73.0 Å². The average Bonchev–Trinajstić information content (AvgIpc) is 3.21. The number of nitrogens with one attached hydrogen (secondary N) is 2. The predicted molar refractivity (Wildman–Crippen MR) is 139 cm³/mol. The highest BCUT2D eigenvalue weighted by atomic mass is 35.5. The van der Waals surface area contributed by atoms with Crippen molar-refractivity contribution in [3.8, 4) is 11.4 Å². The van der Waals surface area contributed by atoms with Gasteiger partial charge in [-0.1, -0.05) is 29.8 Å². The molecular weight excluding hydrogens is 596 g/mol. The third kappa shape index (κ3) is 9.08. The molecule has 1 aromatic heterocycles. The number of nitrogens with zero attached hydrogens (tertiary/aromatic N) is 3. The number of hydrogen-bond acceptors (Lipinski definition) is 5. The van der Waals surface area contributed by atoms with Crippen molar-refractivity contribution in [2.24, 2.45) is 0 Å². The predicted octanol–water partition coefficient (Wildman–Crippen LogP) is 4.35. The lowest BCUT2D eigenvalue weighted by Gasteiger charge is -2.22. The standard InChI is InChI=1S/C26H26ClF6N5O4/c1-42-13-11-34-21(39)14-20(18-4-2-3-5-19(18)26(31,32)33)35-22(40)15-38-24(41)37(12-10-25(28,29)30)23(36-38)16-6-8-17(27)9-7-16/h2-9,20H,10-15H2,1H3,(H,34,39)(H,35,40). The third-order valence-electron chi connectivity index (χ3n) is 5.93. The van der Waals surface area contributed by atoms with E-state index in [4.69, 9.17) is 16.3 Å². The van der Waals surface area contributed by atoms with Crippen LogP contribution in [0.5, 0.6) is 0 Å². The van der Waals surface area contributed by atoms with E-state index in [0.717, 1.165) is 22.8 Å². The lowest BCUT2D eigenvalue weighted by atomic mass is 9.97. The summed E-state index contributed by atoms with van der Waals surface area (Å²) in [6.45, 7) is -1.45. The highest BCUT2D eigenvalue weighted by Crippen LogP contribution is 2.35. The van der Waals surface area contributed by atoms with Crippen LogP contribution in [0.3, 0.4) is 0 Å². The molecule has 1 unspecified atom stereocenters. The summed E-state index contributed by atoms with van der Waals surface area (Å²) in [5.41, 5.74) is -2.30. The Morgan fingerprint density at radius 2 is 1.69 bits per heavy atom. The van der Waals surface area contributed by atoms with E-state index in [2.05, 4.69) is 15.7 Å². The Balaban J connectivity index is 1.93. The molecule has 228 valence electrons. The van der Waals surface area contributed by atoms with Gasteiger partial charge in [0.1, 0.15) is 6.54 Å². The van der Waals surface area contributed by atoms with Crippen LogP contribution in [0.25, 0.3) is 11.4 Å². The van der Waals surface area contributed by atoms with Crippen LogP contribution in [-0.4, -0.2) is 52.6 Å². The summed E-state index contributed by atoms with van der Waals surface area (Å²) in [5, 5.41) is 9.14. The zero-order chi connectivity index (χ0) is 31.1. The van der Waals surface area contributed by atoms with E-state index >= 15 is 0 Å². The highest BCUT2D eigenvalue weighted by Gasteiger charge is 2.36. The number of carbonyl (C=O) groups excluding carboxylic acids is 2. The van der Waals surface area contributed by atoms with Crippen molar-refractivity contribution in [2.45, 2.75) is 44.3 Å². The zero-order valence-electron chi connectivity index (χ0n) is 22.1. The van der Waals surface area contributed by atoms with Crippen molar-refractivity contribution in [3.63, 3.8) is 0 Å². The summed E-state index contributed by atoms with van der Waals surface area (Å²) < 4.78 is 86.3. The van der Waals surface area contributed by atoms with Gasteiger partial charge in [0.15, 0.2) is 5.82 Å². The average molecular weight is 622 g/mol. The van der Waals surface area contributed by atoms with Crippen molar-refractivity contribution in [2.75, 3.05) is 20.3 Å². The Hall–Kier alpha value is -3.85. The molecule has 1 heterocycles. The molecule has 0 saturated heterocycles. The summed E-state index contributed by atoms with van der Waals surface area (Å²) in [5.74, 6) is -1.87. The highest BCUT2D eigenvalue weighted by molar-refractivity contribution is 6.30. The van der Waals surface area contributed by atoms with Gasteiger partial charge >= 0.3 is 18.0 Å². The van der Waals surface area contributed by atoms with Gasteiger partial charge in [-0.25, -0.2) is 9.48 Å².